The lowest BCUT2D eigenvalue weighted by Crippen LogP contribution is -2.19. The van der Waals surface area contributed by atoms with Gasteiger partial charge in [0.25, 0.3) is 0 Å². The predicted molar refractivity (Wildman–Crippen MR) is 113 cm³/mol. The lowest BCUT2D eigenvalue weighted by molar-refractivity contribution is -0.117. The van der Waals surface area contributed by atoms with E-state index in [9.17, 15) is 14.0 Å². The molecule has 3 aromatic rings. The minimum Gasteiger partial charge on any atom is -0.441 e. The third-order valence-corrected chi connectivity index (χ3v) is 5.14. The highest BCUT2D eigenvalue weighted by Crippen LogP contribution is 2.34. The van der Waals surface area contributed by atoms with Gasteiger partial charge in [0, 0.05) is 24.5 Å². The Morgan fingerprint density at radius 2 is 2.03 bits per heavy atom. The summed E-state index contributed by atoms with van der Waals surface area (Å²) in [4.78, 5) is 32.8. The maximum Gasteiger partial charge on any atom is 0.413 e. The van der Waals surface area contributed by atoms with Crippen LogP contribution in [-0.2, 0) is 16.6 Å². The molecule has 2 amide bonds. The van der Waals surface area contributed by atoms with E-state index < -0.39 is 24.3 Å². The normalized spacial score (nSPS) is 18.0. The molecule has 3 heterocycles. The molecule has 0 aromatic carbocycles. The summed E-state index contributed by atoms with van der Waals surface area (Å²) < 4.78 is 19.9. The molecule has 0 aliphatic heterocycles. The van der Waals surface area contributed by atoms with Crippen molar-refractivity contribution in [2.45, 2.75) is 32.5 Å². The minimum atomic E-state index is -1.07. The fraction of sp³-hybridized carbons (Fsp3) is 0.333. The number of aryl methyl sites for hydroxylation is 2. The predicted octanol–water partition coefficient (Wildman–Crippen LogP) is 3.19. The minimum absolute atomic E-state index is 0.251. The summed E-state index contributed by atoms with van der Waals surface area (Å²) in [5, 5.41) is 13.3. The van der Waals surface area contributed by atoms with E-state index >= 15 is 0 Å². The number of halogens is 1. The quantitative estimate of drug-likeness (QED) is 0.604. The Morgan fingerprint density at radius 1 is 1.25 bits per heavy atom. The van der Waals surface area contributed by atoms with Crippen LogP contribution < -0.4 is 10.6 Å². The van der Waals surface area contributed by atoms with Crippen molar-refractivity contribution in [2.24, 2.45) is 13.0 Å². The van der Waals surface area contributed by atoms with Crippen molar-refractivity contribution >= 4 is 23.5 Å². The number of alkyl halides is 1. The molecule has 11 heteroatoms. The van der Waals surface area contributed by atoms with Crippen molar-refractivity contribution in [2.75, 3.05) is 10.6 Å². The van der Waals surface area contributed by atoms with Crippen LogP contribution in [0, 0.1) is 12.8 Å². The molecule has 10 nitrogen and oxygen atoms in total. The second-order valence-corrected chi connectivity index (χ2v) is 7.54. The Bertz CT molecular complexity index is 1150. The molecule has 166 valence electrons. The van der Waals surface area contributed by atoms with Crippen LogP contribution in [0.15, 0.2) is 36.7 Å². The number of carbonyl (C=O) groups excluding carboxylic acids is 2. The van der Waals surface area contributed by atoms with Gasteiger partial charge in [-0.3, -0.25) is 20.1 Å². The monoisotopic (exact) mass is 439 g/mol. The van der Waals surface area contributed by atoms with Crippen molar-refractivity contribution in [1.82, 2.24) is 25.0 Å². The zero-order valence-electron chi connectivity index (χ0n) is 17.7. The maximum absolute atomic E-state index is 13.0. The number of anilines is 2. The summed E-state index contributed by atoms with van der Waals surface area (Å²) in [7, 11) is 1.62. The molecule has 4 rings (SSSR count). The van der Waals surface area contributed by atoms with E-state index in [0.717, 1.165) is 11.3 Å². The average Bonchev–Trinajstić information content (AvgIpc) is 3.40. The summed E-state index contributed by atoms with van der Waals surface area (Å²) in [5.74, 6) is -0.656. The SMILES string of the molecule is Cc1ncccc1[C@@H](C)OC(=O)Nc1c(-c2ccc(NC(=O)[C@@H]3C[C@@H]3F)cn2)nnn1C. The van der Waals surface area contributed by atoms with Crippen LogP contribution in [0.3, 0.4) is 0 Å². The van der Waals surface area contributed by atoms with E-state index in [2.05, 4.69) is 30.9 Å². The van der Waals surface area contributed by atoms with E-state index in [4.69, 9.17) is 4.74 Å². The maximum atomic E-state index is 13.0. The molecule has 0 bridgehead atoms. The molecule has 0 saturated heterocycles. The van der Waals surface area contributed by atoms with E-state index in [1.54, 1.807) is 38.4 Å². The van der Waals surface area contributed by atoms with Crippen molar-refractivity contribution in [3.63, 3.8) is 0 Å². The highest BCUT2D eigenvalue weighted by atomic mass is 19.1. The van der Waals surface area contributed by atoms with Crippen molar-refractivity contribution in [3.05, 3.63) is 47.9 Å². The van der Waals surface area contributed by atoms with E-state index in [-0.39, 0.29) is 12.3 Å². The topological polar surface area (TPSA) is 124 Å². The highest BCUT2D eigenvalue weighted by Gasteiger charge is 2.43. The first kappa shape index (κ1) is 21.3. The molecule has 1 aliphatic carbocycles. The Labute approximate surface area is 183 Å². The Balaban J connectivity index is 1.44. The highest BCUT2D eigenvalue weighted by molar-refractivity contribution is 5.95. The molecule has 1 fully saturated rings. The first-order valence-corrected chi connectivity index (χ1v) is 10.0. The van der Waals surface area contributed by atoms with Crippen LogP contribution in [0.5, 0.6) is 0 Å². The Morgan fingerprint density at radius 3 is 2.69 bits per heavy atom. The van der Waals surface area contributed by atoms with Gasteiger partial charge in [-0.1, -0.05) is 11.3 Å². The van der Waals surface area contributed by atoms with Gasteiger partial charge in [0.15, 0.2) is 11.5 Å². The zero-order chi connectivity index (χ0) is 22.8. The third kappa shape index (κ3) is 4.56. The Kier molecular flexibility index (Phi) is 5.80. The fourth-order valence-corrected chi connectivity index (χ4v) is 3.22. The van der Waals surface area contributed by atoms with Gasteiger partial charge in [0.2, 0.25) is 5.91 Å². The van der Waals surface area contributed by atoms with Crippen molar-refractivity contribution in [1.29, 1.82) is 0 Å². The van der Waals surface area contributed by atoms with Gasteiger partial charge in [-0.25, -0.2) is 13.9 Å². The summed E-state index contributed by atoms with van der Waals surface area (Å²) in [6.45, 7) is 3.60. The summed E-state index contributed by atoms with van der Waals surface area (Å²) in [6.07, 6.45) is 1.10. The summed E-state index contributed by atoms with van der Waals surface area (Å²) in [6, 6.07) is 6.87. The van der Waals surface area contributed by atoms with Crippen LogP contribution in [0.1, 0.15) is 30.7 Å². The molecule has 1 aliphatic rings. The van der Waals surface area contributed by atoms with Gasteiger partial charge < -0.3 is 10.1 Å². The average molecular weight is 439 g/mol. The van der Waals surface area contributed by atoms with Gasteiger partial charge in [-0.05, 0) is 38.5 Å². The van der Waals surface area contributed by atoms with E-state index in [0.29, 0.717) is 22.9 Å². The molecule has 0 radical (unpaired) electrons. The van der Waals surface area contributed by atoms with Crippen LogP contribution in [-0.4, -0.2) is 43.1 Å². The lowest BCUT2D eigenvalue weighted by atomic mass is 10.1. The smallest absolute Gasteiger partial charge is 0.413 e. The zero-order valence-corrected chi connectivity index (χ0v) is 17.7. The first-order valence-electron chi connectivity index (χ1n) is 10.0. The number of pyridine rings is 2. The number of carbonyl (C=O) groups is 2. The molecular formula is C21H22FN7O3. The van der Waals surface area contributed by atoms with Crippen LogP contribution in [0.4, 0.5) is 20.7 Å². The van der Waals surface area contributed by atoms with Crippen molar-refractivity contribution < 1.29 is 18.7 Å². The number of aromatic nitrogens is 5. The fourth-order valence-electron chi connectivity index (χ4n) is 3.22. The molecule has 0 unspecified atom stereocenters. The second-order valence-electron chi connectivity index (χ2n) is 7.54. The number of hydrogen-bond donors (Lipinski definition) is 2. The van der Waals surface area contributed by atoms with Gasteiger partial charge in [-0.2, -0.15) is 0 Å². The molecular weight excluding hydrogens is 417 g/mol. The number of rotatable bonds is 6. The summed E-state index contributed by atoms with van der Waals surface area (Å²) >= 11 is 0. The number of nitrogens with zero attached hydrogens (tertiary/aromatic N) is 5. The summed E-state index contributed by atoms with van der Waals surface area (Å²) in [5.41, 5.74) is 2.78. The standard InChI is InChI=1S/C21H22FN7O3/c1-11-14(5-4-8-23-11)12(2)32-21(31)26-19-18(27-28-29(19)3)17-7-6-13(10-24-17)25-20(30)15-9-16(15)22/h4-8,10,12,15-16H,9H2,1-3H3,(H,25,30)(H,26,31)/t12-,15-,16+/m1/s1. The molecule has 2 N–H and O–H groups in total. The third-order valence-electron chi connectivity index (χ3n) is 5.14. The number of hydrogen-bond acceptors (Lipinski definition) is 7. The number of nitrogens with one attached hydrogen (secondary N) is 2. The van der Waals surface area contributed by atoms with E-state index in [1.165, 1.54) is 10.9 Å². The largest absolute Gasteiger partial charge is 0.441 e. The lowest BCUT2D eigenvalue weighted by Gasteiger charge is -2.16. The molecule has 1 saturated carbocycles. The van der Waals surface area contributed by atoms with Crippen molar-refractivity contribution in [3.8, 4) is 11.4 Å². The van der Waals surface area contributed by atoms with Crippen LogP contribution in [0.2, 0.25) is 0 Å². The van der Waals surface area contributed by atoms with Crippen LogP contribution >= 0.6 is 0 Å². The van der Waals surface area contributed by atoms with Crippen LogP contribution in [0.25, 0.3) is 11.4 Å². The van der Waals surface area contributed by atoms with Gasteiger partial charge in [-0.15, -0.1) is 5.10 Å². The molecule has 32 heavy (non-hydrogen) atoms. The van der Waals surface area contributed by atoms with Gasteiger partial charge in [0.1, 0.15) is 12.3 Å². The molecule has 3 aromatic heterocycles. The second kappa shape index (κ2) is 8.69. The van der Waals surface area contributed by atoms with E-state index in [1.807, 2.05) is 13.0 Å². The van der Waals surface area contributed by atoms with Gasteiger partial charge >= 0.3 is 6.09 Å². The number of ether oxygens (including phenoxy) is 1. The molecule has 3 atom stereocenters. The van der Waals surface area contributed by atoms with Gasteiger partial charge in [0.05, 0.1) is 23.5 Å². The Hall–Kier alpha value is -3.89. The number of amides is 2. The first-order chi connectivity index (χ1) is 15.3. The molecule has 0 spiro atoms.